The molecule has 2 aromatic rings. The predicted octanol–water partition coefficient (Wildman–Crippen LogP) is 3.54. The third-order valence-corrected chi connectivity index (χ3v) is 2.77. The zero-order chi connectivity index (χ0) is 16.9. The van der Waals surface area contributed by atoms with E-state index in [2.05, 4.69) is 15.0 Å². The van der Waals surface area contributed by atoms with Gasteiger partial charge >= 0.3 is 6.18 Å². The zero-order valence-corrected chi connectivity index (χ0v) is 11.7. The Morgan fingerprint density at radius 1 is 1.22 bits per heavy atom. The van der Waals surface area contributed by atoms with Gasteiger partial charge in [-0.3, -0.25) is 10.1 Å². The largest absolute Gasteiger partial charge is 0.468 e. The molecular weight excluding hydrogens is 315 g/mol. The van der Waals surface area contributed by atoms with E-state index in [0.717, 1.165) is 0 Å². The van der Waals surface area contributed by atoms with E-state index < -0.39 is 17.7 Å². The SMILES string of the molecule is O=[N+]([O-])c1ccccc1NCc1ccc(OCC(F)(F)F)nc1. The molecule has 0 saturated carbocycles. The highest BCUT2D eigenvalue weighted by Gasteiger charge is 2.28. The fourth-order valence-electron chi connectivity index (χ4n) is 1.74. The lowest BCUT2D eigenvalue weighted by Gasteiger charge is -2.09. The van der Waals surface area contributed by atoms with Gasteiger partial charge in [0.2, 0.25) is 5.88 Å². The number of ether oxygens (including phenoxy) is 1. The fraction of sp³-hybridized carbons (Fsp3) is 0.214. The molecule has 1 aromatic carbocycles. The van der Waals surface area contributed by atoms with Gasteiger partial charge in [0.25, 0.3) is 5.69 Å². The minimum Gasteiger partial charge on any atom is -0.468 e. The molecule has 2 rings (SSSR count). The summed E-state index contributed by atoms with van der Waals surface area (Å²) in [5, 5.41) is 13.8. The standard InChI is InChI=1S/C14H12F3N3O3/c15-14(16,17)9-23-13-6-5-10(8-19-13)7-18-11-3-1-2-4-12(11)20(21)22/h1-6,8,18H,7,9H2. The van der Waals surface area contributed by atoms with Gasteiger partial charge in [0.1, 0.15) is 5.69 Å². The first-order chi connectivity index (χ1) is 10.8. The number of para-hydroxylation sites is 2. The molecule has 0 aliphatic heterocycles. The number of alkyl halides is 3. The lowest BCUT2D eigenvalue weighted by molar-refractivity contribution is -0.384. The van der Waals surface area contributed by atoms with Crippen molar-refractivity contribution < 1.29 is 22.8 Å². The zero-order valence-electron chi connectivity index (χ0n) is 11.7. The summed E-state index contributed by atoms with van der Waals surface area (Å²) in [6, 6.07) is 8.98. The summed E-state index contributed by atoms with van der Waals surface area (Å²) < 4.78 is 40.5. The van der Waals surface area contributed by atoms with E-state index in [1.54, 1.807) is 18.2 Å². The fourth-order valence-corrected chi connectivity index (χ4v) is 1.74. The molecule has 0 amide bonds. The third kappa shape index (κ3) is 5.13. The molecular formula is C14H12F3N3O3. The van der Waals surface area contributed by atoms with Crippen LogP contribution in [0.1, 0.15) is 5.56 Å². The number of rotatable bonds is 6. The van der Waals surface area contributed by atoms with Gasteiger partial charge in [0.05, 0.1) is 4.92 Å². The highest BCUT2D eigenvalue weighted by atomic mass is 19.4. The Kier molecular flexibility index (Phi) is 4.99. The number of nitro benzene ring substituents is 1. The van der Waals surface area contributed by atoms with E-state index in [0.29, 0.717) is 11.3 Å². The number of hydrogen-bond donors (Lipinski definition) is 1. The average Bonchev–Trinajstić information content (AvgIpc) is 2.51. The van der Waals surface area contributed by atoms with Crippen molar-refractivity contribution in [3.05, 3.63) is 58.3 Å². The molecule has 122 valence electrons. The topological polar surface area (TPSA) is 77.3 Å². The molecule has 0 fully saturated rings. The summed E-state index contributed by atoms with van der Waals surface area (Å²) in [4.78, 5) is 14.1. The number of pyridine rings is 1. The van der Waals surface area contributed by atoms with E-state index in [9.17, 15) is 23.3 Å². The lowest BCUT2D eigenvalue weighted by Crippen LogP contribution is -2.19. The van der Waals surface area contributed by atoms with Crippen molar-refractivity contribution in [1.82, 2.24) is 4.98 Å². The van der Waals surface area contributed by atoms with Gasteiger partial charge in [0, 0.05) is 24.9 Å². The van der Waals surface area contributed by atoms with Gasteiger partial charge in [-0.1, -0.05) is 18.2 Å². The number of anilines is 1. The van der Waals surface area contributed by atoms with E-state index in [-0.39, 0.29) is 18.1 Å². The number of nitrogens with one attached hydrogen (secondary N) is 1. The quantitative estimate of drug-likeness (QED) is 0.648. The van der Waals surface area contributed by atoms with Crippen LogP contribution in [0.25, 0.3) is 0 Å². The normalized spacial score (nSPS) is 11.1. The molecule has 0 aliphatic rings. The Hall–Kier alpha value is -2.84. The van der Waals surface area contributed by atoms with Crippen molar-refractivity contribution in [1.29, 1.82) is 0 Å². The molecule has 0 atom stereocenters. The molecule has 0 unspecified atom stereocenters. The van der Waals surface area contributed by atoms with Crippen LogP contribution in [0.4, 0.5) is 24.5 Å². The van der Waals surface area contributed by atoms with Gasteiger partial charge in [-0.15, -0.1) is 0 Å². The van der Waals surface area contributed by atoms with E-state index in [1.165, 1.54) is 24.4 Å². The number of nitrogens with zero attached hydrogens (tertiary/aromatic N) is 2. The summed E-state index contributed by atoms with van der Waals surface area (Å²) in [6.45, 7) is -1.18. The molecule has 23 heavy (non-hydrogen) atoms. The summed E-state index contributed by atoms with van der Waals surface area (Å²) >= 11 is 0. The molecule has 9 heteroatoms. The maximum absolute atomic E-state index is 12.0. The second-order valence-electron chi connectivity index (χ2n) is 4.54. The summed E-state index contributed by atoms with van der Waals surface area (Å²) in [5.74, 6) is -0.142. The molecule has 1 aromatic heterocycles. The first-order valence-corrected chi connectivity index (χ1v) is 6.47. The van der Waals surface area contributed by atoms with Gasteiger partial charge in [0.15, 0.2) is 6.61 Å². The highest BCUT2D eigenvalue weighted by Crippen LogP contribution is 2.24. The minimum atomic E-state index is -4.42. The van der Waals surface area contributed by atoms with Crippen molar-refractivity contribution in [2.75, 3.05) is 11.9 Å². The van der Waals surface area contributed by atoms with Gasteiger partial charge in [-0.05, 0) is 11.6 Å². The first-order valence-electron chi connectivity index (χ1n) is 6.47. The van der Waals surface area contributed by atoms with Crippen molar-refractivity contribution >= 4 is 11.4 Å². The monoisotopic (exact) mass is 327 g/mol. The van der Waals surface area contributed by atoms with Crippen LogP contribution in [0.15, 0.2) is 42.6 Å². The Labute approximate surface area is 129 Å². The van der Waals surface area contributed by atoms with E-state index in [1.807, 2.05) is 0 Å². The number of aromatic nitrogens is 1. The van der Waals surface area contributed by atoms with Crippen LogP contribution in [0.2, 0.25) is 0 Å². The second-order valence-corrected chi connectivity index (χ2v) is 4.54. The maximum atomic E-state index is 12.0. The second kappa shape index (κ2) is 6.95. The van der Waals surface area contributed by atoms with Crippen molar-refractivity contribution in [2.24, 2.45) is 0 Å². The molecule has 0 radical (unpaired) electrons. The molecule has 6 nitrogen and oxygen atoms in total. The summed E-state index contributed by atoms with van der Waals surface area (Å²) in [6.07, 6.45) is -3.08. The Balaban J connectivity index is 1.96. The summed E-state index contributed by atoms with van der Waals surface area (Å²) in [5.41, 5.74) is 0.919. The van der Waals surface area contributed by atoms with Gasteiger partial charge in [-0.2, -0.15) is 13.2 Å². The number of nitro groups is 1. The van der Waals surface area contributed by atoms with Crippen LogP contribution >= 0.6 is 0 Å². The van der Waals surface area contributed by atoms with Crippen LogP contribution in [0, 0.1) is 10.1 Å². The van der Waals surface area contributed by atoms with Crippen LogP contribution in [0.3, 0.4) is 0 Å². The van der Waals surface area contributed by atoms with Crippen molar-refractivity contribution in [3.63, 3.8) is 0 Å². The first kappa shape index (κ1) is 16.5. The number of benzene rings is 1. The van der Waals surface area contributed by atoms with Crippen LogP contribution in [-0.2, 0) is 6.54 Å². The van der Waals surface area contributed by atoms with Crippen molar-refractivity contribution in [2.45, 2.75) is 12.7 Å². The maximum Gasteiger partial charge on any atom is 0.422 e. The predicted molar refractivity (Wildman–Crippen MR) is 76.2 cm³/mol. The lowest BCUT2D eigenvalue weighted by atomic mass is 10.2. The number of hydrogen-bond acceptors (Lipinski definition) is 5. The van der Waals surface area contributed by atoms with Crippen molar-refractivity contribution in [3.8, 4) is 5.88 Å². The highest BCUT2D eigenvalue weighted by molar-refractivity contribution is 5.61. The Bertz CT molecular complexity index is 675. The summed E-state index contributed by atoms with van der Waals surface area (Å²) in [7, 11) is 0. The molecule has 0 bridgehead atoms. The van der Waals surface area contributed by atoms with Crippen LogP contribution < -0.4 is 10.1 Å². The smallest absolute Gasteiger partial charge is 0.422 e. The van der Waals surface area contributed by atoms with Gasteiger partial charge < -0.3 is 10.1 Å². The Morgan fingerprint density at radius 2 is 1.96 bits per heavy atom. The van der Waals surface area contributed by atoms with Crippen LogP contribution in [-0.4, -0.2) is 22.7 Å². The average molecular weight is 327 g/mol. The molecule has 1 N–H and O–H groups in total. The minimum absolute atomic E-state index is 0.0643. The van der Waals surface area contributed by atoms with E-state index in [4.69, 9.17) is 0 Å². The third-order valence-electron chi connectivity index (χ3n) is 2.77. The molecule has 0 spiro atoms. The Morgan fingerprint density at radius 3 is 2.57 bits per heavy atom. The van der Waals surface area contributed by atoms with Gasteiger partial charge in [-0.25, -0.2) is 4.98 Å². The molecule has 0 aliphatic carbocycles. The molecule has 0 saturated heterocycles. The number of halogens is 3. The van der Waals surface area contributed by atoms with Crippen LogP contribution in [0.5, 0.6) is 5.88 Å². The molecule has 1 heterocycles. The van der Waals surface area contributed by atoms with E-state index >= 15 is 0 Å².